The Kier molecular flexibility index (Phi) is 5.17. The van der Waals surface area contributed by atoms with Crippen LogP contribution >= 0.6 is 0 Å². The summed E-state index contributed by atoms with van der Waals surface area (Å²) in [4.78, 5) is 26.0. The Hall–Kier alpha value is -2.16. The second-order valence-electron chi connectivity index (χ2n) is 6.61. The summed E-state index contributed by atoms with van der Waals surface area (Å²) in [6.07, 6.45) is -4.74. The number of halogens is 4. The SMILES string of the molecule is O=C(N[C@@H]1CN[C@H](C(=O)N2CCC(F)C2)C1)c1ccc(C(F)(F)F)cc1. The minimum atomic E-state index is -4.45. The molecule has 142 valence electrons. The van der Waals surface area contributed by atoms with Crippen molar-refractivity contribution in [1.82, 2.24) is 15.5 Å². The first kappa shape index (κ1) is 18.6. The van der Waals surface area contributed by atoms with Gasteiger partial charge in [-0.25, -0.2) is 4.39 Å². The summed E-state index contributed by atoms with van der Waals surface area (Å²) < 4.78 is 50.9. The van der Waals surface area contributed by atoms with Crippen molar-refractivity contribution in [3.63, 3.8) is 0 Å². The molecule has 1 aromatic carbocycles. The number of hydrogen-bond acceptors (Lipinski definition) is 3. The number of carbonyl (C=O) groups excluding carboxylic acids is 2. The fraction of sp³-hybridized carbons (Fsp3) is 0.529. The molecule has 3 atom stereocenters. The lowest BCUT2D eigenvalue weighted by molar-refractivity contribution is -0.137. The monoisotopic (exact) mass is 373 g/mol. The molecule has 2 aliphatic heterocycles. The zero-order chi connectivity index (χ0) is 18.9. The van der Waals surface area contributed by atoms with Crippen molar-refractivity contribution in [3.05, 3.63) is 35.4 Å². The summed E-state index contributed by atoms with van der Waals surface area (Å²) in [5, 5.41) is 5.72. The molecule has 2 heterocycles. The van der Waals surface area contributed by atoms with E-state index in [1.165, 1.54) is 4.90 Å². The van der Waals surface area contributed by atoms with Gasteiger partial charge in [-0.2, -0.15) is 13.2 Å². The Balaban J connectivity index is 1.53. The average Bonchev–Trinajstić information content (AvgIpc) is 3.23. The molecule has 5 nitrogen and oxygen atoms in total. The summed E-state index contributed by atoms with van der Waals surface area (Å²) in [5.74, 6) is -0.681. The second-order valence-corrected chi connectivity index (χ2v) is 6.61. The number of rotatable bonds is 3. The Bertz CT molecular complexity index is 678. The fourth-order valence-corrected chi connectivity index (χ4v) is 3.25. The van der Waals surface area contributed by atoms with Gasteiger partial charge in [0.05, 0.1) is 18.2 Å². The number of amides is 2. The first-order chi connectivity index (χ1) is 12.2. The molecule has 1 aromatic rings. The molecule has 0 saturated carbocycles. The van der Waals surface area contributed by atoms with Crippen molar-refractivity contribution in [2.45, 2.75) is 37.3 Å². The number of nitrogens with one attached hydrogen (secondary N) is 2. The average molecular weight is 373 g/mol. The zero-order valence-electron chi connectivity index (χ0n) is 13.9. The van der Waals surface area contributed by atoms with Crippen LogP contribution < -0.4 is 10.6 Å². The highest BCUT2D eigenvalue weighted by Gasteiger charge is 2.36. The minimum Gasteiger partial charge on any atom is -0.348 e. The molecule has 26 heavy (non-hydrogen) atoms. The van der Waals surface area contributed by atoms with E-state index in [1.54, 1.807) is 0 Å². The van der Waals surface area contributed by atoms with Crippen LogP contribution in [0.4, 0.5) is 17.6 Å². The predicted octanol–water partition coefficient (Wildman–Crippen LogP) is 1.74. The van der Waals surface area contributed by atoms with Gasteiger partial charge in [0.1, 0.15) is 6.17 Å². The Morgan fingerprint density at radius 3 is 2.46 bits per heavy atom. The van der Waals surface area contributed by atoms with Crippen LogP contribution in [0.2, 0.25) is 0 Å². The highest BCUT2D eigenvalue weighted by Crippen LogP contribution is 2.29. The lowest BCUT2D eigenvalue weighted by atomic mass is 10.1. The molecular formula is C17H19F4N3O2. The highest BCUT2D eigenvalue weighted by molar-refractivity contribution is 5.94. The summed E-state index contributed by atoms with van der Waals surface area (Å²) in [5.41, 5.74) is -0.702. The molecule has 2 fully saturated rings. The van der Waals surface area contributed by atoms with Crippen molar-refractivity contribution in [2.24, 2.45) is 0 Å². The fourth-order valence-electron chi connectivity index (χ4n) is 3.25. The summed E-state index contributed by atoms with van der Waals surface area (Å²) >= 11 is 0. The van der Waals surface area contributed by atoms with E-state index < -0.39 is 29.9 Å². The van der Waals surface area contributed by atoms with Gasteiger partial charge >= 0.3 is 6.18 Å². The van der Waals surface area contributed by atoms with Crippen molar-refractivity contribution < 1.29 is 27.2 Å². The second kappa shape index (κ2) is 7.22. The van der Waals surface area contributed by atoms with Gasteiger partial charge in [-0.1, -0.05) is 0 Å². The number of hydrogen-bond donors (Lipinski definition) is 2. The number of carbonyl (C=O) groups is 2. The van der Waals surface area contributed by atoms with E-state index in [0.29, 0.717) is 25.9 Å². The molecule has 0 radical (unpaired) electrons. The molecule has 2 N–H and O–H groups in total. The number of alkyl halides is 4. The van der Waals surface area contributed by atoms with E-state index in [4.69, 9.17) is 0 Å². The molecule has 2 aliphatic rings. The quantitative estimate of drug-likeness (QED) is 0.794. The first-order valence-corrected chi connectivity index (χ1v) is 8.38. The molecule has 3 rings (SSSR count). The van der Waals surface area contributed by atoms with Crippen molar-refractivity contribution in [1.29, 1.82) is 0 Å². The summed E-state index contributed by atoms with van der Waals surface area (Å²) in [6.45, 7) is 0.857. The van der Waals surface area contributed by atoms with Crippen molar-refractivity contribution in [3.8, 4) is 0 Å². The van der Waals surface area contributed by atoms with Crippen LogP contribution in [0.3, 0.4) is 0 Å². The van der Waals surface area contributed by atoms with Gasteiger partial charge in [0.25, 0.3) is 5.91 Å². The predicted molar refractivity (Wildman–Crippen MR) is 85.2 cm³/mol. The van der Waals surface area contributed by atoms with E-state index in [2.05, 4.69) is 10.6 Å². The maximum atomic E-state index is 13.2. The largest absolute Gasteiger partial charge is 0.416 e. The van der Waals surface area contributed by atoms with Gasteiger partial charge in [0.2, 0.25) is 5.91 Å². The maximum absolute atomic E-state index is 13.2. The van der Waals surface area contributed by atoms with Gasteiger partial charge in [-0.15, -0.1) is 0 Å². The number of likely N-dealkylation sites (tertiary alicyclic amines) is 1. The van der Waals surface area contributed by atoms with Crippen LogP contribution in [0.1, 0.15) is 28.8 Å². The van der Waals surface area contributed by atoms with Gasteiger partial charge in [-0.05, 0) is 37.1 Å². The van der Waals surface area contributed by atoms with Gasteiger partial charge in [-0.3, -0.25) is 9.59 Å². The van der Waals surface area contributed by atoms with E-state index in [-0.39, 0.29) is 24.1 Å². The molecule has 9 heteroatoms. The van der Waals surface area contributed by atoms with Crippen LogP contribution in [0.15, 0.2) is 24.3 Å². The Morgan fingerprint density at radius 2 is 1.88 bits per heavy atom. The van der Waals surface area contributed by atoms with Crippen LogP contribution in [0, 0.1) is 0 Å². The third kappa shape index (κ3) is 4.14. The van der Waals surface area contributed by atoms with Crippen LogP contribution in [0.5, 0.6) is 0 Å². The van der Waals surface area contributed by atoms with E-state index in [0.717, 1.165) is 24.3 Å². The third-order valence-corrected chi connectivity index (χ3v) is 4.68. The lowest BCUT2D eigenvalue weighted by Gasteiger charge is -2.20. The van der Waals surface area contributed by atoms with E-state index in [9.17, 15) is 27.2 Å². The molecule has 2 amide bonds. The molecule has 2 saturated heterocycles. The van der Waals surface area contributed by atoms with Gasteiger partial charge in [0.15, 0.2) is 0 Å². The van der Waals surface area contributed by atoms with E-state index in [1.807, 2.05) is 0 Å². The van der Waals surface area contributed by atoms with Crippen LogP contribution in [-0.4, -0.2) is 54.6 Å². The molecular weight excluding hydrogens is 354 g/mol. The van der Waals surface area contributed by atoms with Crippen molar-refractivity contribution in [2.75, 3.05) is 19.6 Å². The van der Waals surface area contributed by atoms with Gasteiger partial charge < -0.3 is 15.5 Å². The summed E-state index contributed by atoms with van der Waals surface area (Å²) in [6, 6.07) is 3.15. The number of benzene rings is 1. The molecule has 0 aliphatic carbocycles. The molecule has 0 aromatic heterocycles. The normalized spacial score (nSPS) is 26.2. The topological polar surface area (TPSA) is 61.4 Å². The minimum absolute atomic E-state index is 0.0968. The summed E-state index contributed by atoms with van der Waals surface area (Å²) in [7, 11) is 0. The standard InChI is InChI=1S/C17H19F4N3O2/c18-12-5-6-24(9-12)16(26)14-7-13(8-22-14)23-15(25)10-1-3-11(4-2-10)17(19,20)21/h1-4,12-14,22H,5-9H2,(H,23,25)/t12?,13-,14-/m0/s1. The third-order valence-electron chi connectivity index (χ3n) is 4.68. The molecule has 0 bridgehead atoms. The molecule has 1 unspecified atom stereocenters. The Labute approximate surface area is 147 Å². The van der Waals surface area contributed by atoms with E-state index >= 15 is 0 Å². The lowest BCUT2D eigenvalue weighted by Crippen LogP contribution is -2.42. The highest BCUT2D eigenvalue weighted by atomic mass is 19.4. The maximum Gasteiger partial charge on any atom is 0.416 e. The van der Waals surface area contributed by atoms with Crippen LogP contribution in [-0.2, 0) is 11.0 Å². The smallest absolute Gasteiger partial charge is 0.348 e. The van der Waals surface area contributed by atoms with Crippen LogP contribution in [0.25, 0.3) is 0 Å². The first-order valence-electron chi connectivity index (χ1n) is 8.38. The molecule has 0 spiro atoms. The number of nitrogens with zero attached hydrogens (tertiary/aromatic N) is 1. The Morgan fingerprint density at radius 1 is 1.19 bits per heavy atom. The zero-order valence-corrected chi connectivity index (χ0v) is 13.9. The van der Waals surface area contributed by atoms with Crippen molar-refractivity contribution >= 4 is 11.8 Å². The van der Waals surface area contributed by atoms with Gasteiger partial charge in [0, 0.05) is 24.7 Å².